The number of carboxylic acids is 1. The van der Waals surface area contributed by atoms with Gasteiger partial charge in [0.1, 0.15) is 0 Å². The molecule has 0 bridgehead atoms. The molecule has 0 radical (unpaired) electrons. The summed E-state index contributed by atoms with van der Waals surface area (Å²) < 4.78 is 13.6. The molecule has 0 saturated heterocycles. The van der Waals surface area contributed by atoms with Crippen LogP contribution in [0.1, 0.15) is 49.4 Å². The van der Waals surface area contributed by atoms with Crippen molar-refractivity contribution < 1.29 is 19.1 Å². The lowest BCUT2D eigenvalue weighted by molar-refractivity contribution is -0.121. The summed E-state index contributed by atoms with van der Waals surface area (Å²) in [7, 11) is 0. The molecule has 0 fully saturated rings. The number of nitrogens with one attached hydrogen (secondary N) is 1. The Balaban J connectivity index is 2.42. The first-order valence-electron chi connectivity index (χ1n) is 6.83. The summed E-state index contributed by atoms with van der Waals surface area (Å²) in [6.45, 7) is 2.07. The quantitative estimate of drug-likeness (QED) is 0.715. The molecule has 0 aliphatic rings. The molecule has 0 aliphatic carbocycles. The third-order valence-corrected chi connectivity index (χ3v) is 3.00. The highest BCUT2D eigenvalue weighted by Crippen LogP contribution is 2.13. The first-order chi connectivity index (χ1) is 9.54. The Labute approximate surface area is 118 Å². The van der Waals surface area contributed by atoms with E-state index >= 15 is 0 Å². The molecule has 1 aromatic carbocycles. The summed E-state index contributed by atoms with van der Waals surface area (Å²) >= 11 is 0. The highest BCUT2D eigenvalue weighted by molar-refractivity contribution is 5.95. The largest absolute Gasteiger partial charge is 0.478 e. The topological polar surface area (TPSA) is 66.4 Å². The van der Waals surface area contributed by atoms with Crippen LogP contribution >= 0.6 is 0 Å². The number of carbonyl (C=O) groups is 2. The maximum absolute atomic E-state index is 13.6. The first kappa shape index (κ1) is 16.1. The Morgan fingerprint density at radius 1 is 1.20 bits per heavy atom. The van der Waals surface area contributed by atoms with Crippen LogP contribution in [0.5, 0.6) is 0 Å². The lowest BCUT2D eigenvalue weighted by Crippen LogP contribution is -2.24. The Morgan fingerprint density at radius 3 is 2.40 bits per heavy atom. The van der Waals surface area contributed by atoms with Crippen molar-refractivity contribution in [2.45, 2.75) is 45.2 Å². The molecule has 0 aliphatic heterocycles. The van der Waals surface area contributed by atoms with E-state index in [0.29, 0.717) is 12.1 Å². The number of amides is 1. The van der Waals surface area contributed by atoms with Gasteiger partial charge in [0.2, 0.25) is 0 Å². The van der Waals surface area contributed by atoms with Crippen LogP contribution in [-0.2, 0) is 4.79 Å². The molecular weight excluding hydrogens is 261 g/mol. The summed E-state index contributed by atoms with van der Waals surface area (Å²) in [5.41, 5.74) is 0.524. The molecule has 4 nitrogen and oxygen atoms in total. The van der Waals surface area contributed by atoms with Gasteiger partial charge in [0.05, 0.1) is 5.56 Å². The number of halogens is 1. The molecule has 20 heavy (non-hydrogen) atoms. The van der Waals surface area contributed by atoms with Crippen LogP contribution in [0.15, 0.2) is 24.3 Å². The van der Waals surface area contributed by atoms with Crippen LogP contribution in [0.3, 0.4) is 0 Å². The van der Waals surface area contributed by atoms with E-state index in [2.05, 4.69) is 12.2 Å². The number of carbonyl (C=O) groups excluding carboxylic acids is 1. The van der Waals surface area contributed by atoms with Gasteiger partial charge in [0.25, 0.3) is 5.91 Å². The number of anilines is 1. The van der Waals surface area contributed by atoms with Gasteiger partial charge in [-0.15, -0.1) is 0 Å². The smallest absolute Gasteiger partial charge is 0.335 e. The second-order valence-electron chi connectivity index (χ2n) is 4.69. The molecule has 1 amide bonds. The lowest BCUT2D eigenvalue weighted by atomic mass is 10.1. The molecule has 0 spiro atoms. The maximum Gasteiger partial charge on any atom is 0.335 e. The summed E-state index contributed by atoms with van der Waals surface area (Å²) in [6, 6.07) is 5.63. The third-order valence-electron chi connectivity index (χ3n) is 3.00. The van der Waals surface area contributed by atoms with Crippen molar-refractivity contribution in [3.63, 3.8) is 0 Å². The van der Waals surface area contributed by atoms with Crippen LogP contribution < -0.4 is 5.32 Å². The molecule has 1 unspecified atom stereocenters. The zero-order valence-corrected chi connectivity index (χ0v) is 11.6. The van der Waals surface area contributed by atoms with E-state index in [1.165, 1.54) is 24.3 Å². The van der Waals surface area contributed by atoms with E-state index in [1.807, 2.05) is 0 Å². The minimum absolute atomic E-state index is 0.124. The number of unbranched alkanes of at least 4 members (excludes halogenated alkanes) is 3. The number of aromatic carboxylic acids is 1. The van der Waals surface area contributed by atoms with Crippen LogP contribution in [0.2, 0.25) is 0 Å². The Hall–Kier alpha value is -1.91. The fourth-order valence-electron chi connectivity index (χ4n) is 1.80. The number of benzene rings is 1. The van der Waals surface area contributed by atoms with Crippen LogP contribution in [0.25, 0.3) is 0 Å². The van der Waals surface area contributed by atoms with Gasteiger partial charge in [-0.1, -0.05) is 32.6 Å². The molecule has 2 N–H and O–H groups in total. The average Bonchev–Trinajstić information content (AvgIpc) is 2.44. The minimum Gasteiger partial charge on any atom is -0.478 e. The number of carboxylic acid groups (broad SMARTS) is 1. The second kappa shape index (κ2) is 8.30. The minimum atomic E-state index is -1.52. The molecule has 0 saturated carbocycles. The van der Waals surface area contributed by atoms with Crippen LogP contribution in [-0.4, -0.2) is 23.2 Å². The van der Waals surface area contributed by atoms with Crippen molar-refractivity contribution in [1.29, 1.82) is 0 Å². The Bertz CT molecular complexity index is 445. The van der Waals surface area contributed by atoms with E-state index in [-0.39, 0.29) is 12.0 Å². The predicted molar refractivity (Wildman–Crippen MR) is 75.7 cm³/mol. The number of rotatable bonds is 8. The normalized spacial score (nSPS) is 11.9. The van der Waals surface area contributed by atoms with E-state index in [9.17, 15) is 14.0 Å². The van der Waals surface area contributed by atoms with Gasteiger partial charge < -0.3 is 10.4 Å². The van der Waals surface area contributed by atoms with Crippen molar-refractivity contribution in [2.75, 3.05) is 5.32 Å². The summed E-state index contributed by atoms with van der Waals surface area (Å²) in [5.74, 6) is -1.72. The predicted octanol–water partition coefficient (Wildman–Crippen LogP) is 3.63. The van der Waals surface area contributed by atoms with Crippen molar-refractivity contribution in [3.05, 3.63) is 29.8 Å². The van der Waals surface area contributed by atoms with Gasteiger partial charge in [-0.3, -0.25) is 4.79 Å². The average molecular weight is 281 g/mol. The fourth-order valence-corrected chi connectivity index (χ4v) is 1.80. The van der Waals surface area contributed by atoms with Crippen molar-refractivity contribution >= 4 is 17.6 Å². The summed E-state index contributed by atoms with van der Waals surface area (Å²) in [5, 5.41) is 11.2. The van der Waals surface area contributed by atoms with Gasteiger partial charge in [0, 0.05) is 5.69 Å². The highest BCUT2D eigenvalue weighted by Gasteiger charge is 2.16. The van der Waals surface area contributed by atoms with E-state index < -0.39 is 18.0 Å². The van der Waals surface area contributed by atoms with E-state index in [1.54, 1.807) is 0 Å². The standard InChI is InChI=1S/C15H20FNO3/c1-2-3-4-5-6-13(16)14(18)17-12-9-7-11(8-10-12)15(19)20/h7-10,13H,2-6H2,1H3,(H,17,18)(H,19,20). The van der Waals surface area contributed by atoms with Gasteiger partial charge >= 0.3 is 5.97 Å². The third kappa shape index (κ3) is 5.38. The number of alkyl halides is 1. The fraction of sp³-hybridized carbons (Fsp3) is 0.467. The Kier molecular flexibility index (Phi) is 6.70. The SMILES string of the molecule is CCCCCCC(F)C(=O)Nc1ccc(C(=O)O)cc1. The van der Waals surface area contributed by atoms with Crippen molar-refractivity contribution in [3.8, 4) is 0 Å². The van der Waals surface area contributed by atoms with Crippen molar-refractivity contribution in [1.82, 2.24) is 0 Å². The summed E-state index contributed by atoms with van der Waals surface area (Å²) in [6.07, 6.45) is 2.44. The molecule has 0 aromatic heterocycles. The van der Waals surface area contributed by atoms with Gasteiger partial charge in [0.15, 0.2) is 6.17 Å². The Morgan fingerprint density at radius 2 is 1.85 bits per heavy atom. The van der Waals surface area contributed by atoms with Gasteiger partial charge in [-0.25, -0.2) is 9.18 Å². The first-order valence-corrected chi connectivity index (χ1v) is 6.83. The maximum atomic E-state index is 13.6. The molecule has 110 valence electrons. The lowest BCUT2D eigenvalue weighted by Gasteiger charge is -2.09. The van der Waals surface area contributed by atoms with Gasteiger partial charge in [-0.05, 0) is 30.7 Å². The zero-order chi connectivity index (χ0) is 15.0. The number of hydrogen-bond donors (Lipinski definition) is 2. The summed E-state index contributed by atoms with van der Waals surface area (Å²) in [4.78, 5) is 22.3. The molecule has 1 aromatic rings. The monoisotopic (exact) mass is 281 g/mol. The molecule has 0 heterocycles. The molecule has 1 rings (SSSR count). The van der Waals surface area contributed by atoms with Crippen LogP contribution in [0, 0.1) is 0 Å². The zero-order valence-electron chi connectivity index (χ0n) is 11.6. The van der Waals surface area contributed by atoms with Crippen molar-refractivity contribution in [2.24, 2.45) is 0 Å². The number of hydrogen-bond acceptors (Lipinski definition) is 2. The van der Waals surface area contributed by atoms with E-state index in [4.69, 9.17) is 5.11 Å². The molecule has 5 heteroatoms. The highest BCUT2D eigenvalue weighted by atomic mass is 19.1. The molecule has 1 atom stereocenters. The molecular formula is C15H20FNO3. The van der Waals surface area contributed by atoms with E-state index in [0.717, 1.165) is 19.3 Å². The van der Waals surface area contributed by atoms with Crippen LogP contribution in [0.4, 0.5) is 10.1 Å². The second-order valence-corrected chi connectivity index (χ2v) is 4.69. The van der Waals surface area contributed by atoms with Gasteiger partial charge in [-0.2, -0.15) is 0 Å².